The summed E-state index contributed by atoms with van der Waals surface area (Å²) in [6.07, 6.45) is 3.40. The molecule has 0 saturated carbocycles. The number of rotatable bonds is 9. The van der Waals surface area contributed by atoms with Gasteiger partial charge >= 0.3 is 0 Å². The molecule has 108 valence electrons. The van der Waals surface area contributed by atoms with Crippen LogP contribution in [-0.2, 0) is 10.0 Å². The maximum atomic E-state index is 12.5. The number of nitrogens with two attached hydrogens (primary N) is 1. The van der Waals surface area contributed by atoms with Gasteiger partial charge in [-0.25, -0.2) is 8.42 Å². The largest absolute Gasteiger partial charge is 0.392 e. The van der Waals surface area contributed by atoms with Gasteiger partial charge in [0.15, 0.2) is 0 Å². The lowest BCUT2D eigenvalue weighted by atomic mass is 10.2. The summed E-state index contributed by atoms with van der Waals surface area (Å²) in [5, 5.41) is -0.739. The zero-order chi connectivity index (χ0) is 14.3. The van der Waals surface area contributed by atoms with E-state index in [2.05, 4.69) is 6.92 Å². The normalized spacial score (nSPS) is 14.1. The number of sulfonamides is 1. The Bertz CT molecular complexity index is 353. The lowest BCUT2D eigenvalue weighted by molar-refractivity contribution is 0.343. The van der Waals surface area contributed by atoms with E-state index < -0.39 is 15.3 Å². The predicted octanol–water partition coefficient (Wildman–Crippen LogP) is 2.28. The number of nitrogens with zero attached hydrogens (tertiary/aromatic N) is 1. The highest BCUT2D eigenvalue weighted by Crippen LogP contribution is 2.17. The molecule has 0 rings (SSSR count). The molecule has 0 spiro atoms. The molecule has 0 aliphatic carbocycles. The molecular weight excluding hydrogens is 268 g/mol. The van der Waals surface area contributed by atoms with Gasteiger partial charge in [-0.05, 0) is 26.7 Å². The van der Waals surface area contributed by atoms with Gasteiger partial charge < -0.3 is 5.73 Å². The molecule has 0 radical (unpaired) electrons. The fraction of sp³-hybridized carbons (Fsp3) is 0.917. The minimum atomic E-state index is -3.43. The zero-order valence-corrected chi connectivity index (χ0v) is 13.5. The van der Waals surface area contributed by atoms with Crippen LogP contribution >= 0.6 is 12.2 Å². The van der Waals surface area contributed by atoms with Crippen molar-refractivity contribution in [3.8, 4) is 0 Å². The van der Waals surface area contributed by atoms with Crippen LogP contribution in [0.25, 0.3) is 0 Å². The molecule has 0 aromatic rings. The van der Waals surface area contributed by atoms with Crippen LogP contribution in [0.4, 0.5) is 0 Å². The second kappa shape index (κ2) is 8.07. The Kier molecular flexibility index (Phi) is 7.98. The van der Waals surface area contributed by atoms with Gasteiger partial charge in [0.25, 0.3) is 0 Å². The van der Waals surface area contributed by atoms with Gasteiger partial charge in [0, 0.05) is 12.6 Å². The van der Waals surface area contributed by atoms with Crippen LogP contribution in [-0.4, -0.2) is 35.5 Å². The smallest absolute Gasteiger partial charge is 0.223 e. The highest BCUT2D eigenvalue weighted by Gasteiger charge is 2.33. The summed E-state index contributed by atoms with van der Waals surface area (Å²) in [6, 6.07) is -0.0599. The molecule has 4 nitrogen and oxygen atoms in total. The Hall–Kier alpha value is -0.200. The van der Waals surface area contributed by atoms with E-state index in [1.165, 1.54) is 4.31 Å². The van der Waals surface area contributed by atoms with Crippen molar-refractivity contribution >= 4 is 27.2 Å². The van der Waals surface area contributed by atoms with Crippen molar-refractivity contribution in [2.75, 3.05) is 6.54 Å². The third-order valence-electron chi connectivity index (χ3n) is 2.93. The Morgan fingerprint density at radius 2 is 1.83 bits per heavy atom. The standard InChI is InChI=1S/C12H26N2O2S2/c1-5-7-8-9-14(10(3)4)18(15,16)11(6-2)12(13)17/h10-11H,5-9H2,1-4H3,(H2,13,17). The van der Waals surface area contributed by atoms with Crippen molar-refractivity contribution in [3.05, 3.63) is 0 Å². The Balaban J connectivity index is 5.02. The summed E-state index contributed by atoms with van der Waals surface area (Å²) in [5.74, 6) is 0. The first-order chi connectivity index (χ1) is 8.28. The van der Waals surface area contributed by atoms with Crippen LogP contribution < -0.4 is 5.73 Å². The van der Waals surface area contributed by atoms with E-state index >= 15 is 0 Å². The molecule has 1 atom stereocenters. The van der Waals surface area contributed by atoms with E-state index in [4.69, 9.17) is 18.0 Å². The first-order valence-corrected chi connectivity index (χ1v) is 8.50. The lowest BCUT2D eigenvalue weighted by Gasteiger charge is -2.29. The molecular formula is C12H26N2O2S2. The van der Waals surface area contributed by atoms with Gasteiger partial charge in [-0.2, -0.15) is 4.31 Å². The van der Waals surface area contributed by atoms with E-state index in [-0.39, 0.29) is 11.0 Å². The Labute approximate surface area is 117 Å². The van der Waals surface area contributed by atoms with Crippen molar-refractivity contribution < 1.29 is 8.42 Å². The number of hydrogen-bond acceptors (Lipinski definition) is 3. The summed E-state index contributed by atoms with van der Waals surface area (Å²) in [7, 11) is -3.43. The maximum absolute atomic E-state index is 12.5. The molecule has 0 saturated heterocycles. The molecule has 6 heteroatoms. The first-order valence-electron chi connectivity index (χ1n) is 6.58. The number of thiocarbonyl (C=S) groups is 1. The van der Waals surface area contributed by atoms with E-state index in [0.29, 0.717) is 13.0 Å². The molecule has 2 N–H and O–H groups in total. The fourth-order valence-electron chi connectivity index (χ4n) is 1.92. The molecule has 0 bridgehead atoms. The molecule has 0 aromatic heterocycles. The van der Waals surface area contributed by atoms with Crippen LogP contribution in [0.3, 0.4) is 0 Å². The second-order valence-electron chi connectivity index (χ2n) is 4.76. The maximum Gasteiger partial charge on any atom is 0.223 e. The molecule has 18 heavy (non-hydrogen) atoms. The molecule has 0 fully saturated rings. The van der Waals surface area contributed by atoms with Gasteiger partial charge in [-0.3, -0.25) is 0 Å². The van der Waals surface area contributed by atoms with Gasteiger partial charge in [0.1, 0.15) is 5.25 Å². The van der Waals surface area contributed by atoms with Crippen LogP contribution in [0.2, 0.25) is 0 Å². The van der Waals surface area contributed by atoms with Crippen LogP contribution in [0.1, 0.15) is 53.4 Å². The molecule has 0 amide bonds. The number of unbranched alkanes of at least 4 members (excludes halogenated alkanes) is 2. The monoisotopic (exact) mass is 294 g/mol. The Morgan fingerprint density at radius 1 is 1.28 bits per heavy atom. The molecule has 0 aliphatic rings. The van der Waals surface area contributed by atoms with Crippen molar-refractivity contribution in [1.82, 2.24) is 4.31 Å². The number of hydrogen-bond donors (Lipinski definition) is 1. The van der Waals surface area contributed by atoms with Gasteiger partial charge in [0.05, 0.1) is 4.99 Å². The van der Waals surface area contributed by atoms with E-state index in [9.17, 15) is 8.42 Å². The summed E-state index contributed by atoms with van der Waals surface area (Å²) < 4.78 is 26.5. The van der Waals surface area contributed by atoms with Gasteiger partial charge in [-0.15, -0.1) is 0 Å². The van der Waals surface area contributed by atoms with Crippen molar-refractivity contribution in [2.45, 2.75) is 64.7 Å². The minimum Gasteiger partial charge on any atom is -0.392 e. The quantitative estimate of drug-likeness (QED) is 0.523. The zero-order valence-electron chi connectivity index (χ0n) is 11.8. The third-order valence-corrected chi connectivity index (χ3v) is 5.93. The third kappa shape index (κ3) is 4.82. The minimum absolute atomic E-state index is 0.0599. The predicted molar refractivity (Wildman–Crippen MR) is 81.2 cm³/mol. The van der Waals surface area contributed by atoms with Crippen molar-refractivity contribution in [1.29, 1.82) is 0 Å². The van der Waals surface area contributed by atoms with Crippen LogP contribution in [0.15, 0.2) is 0 Å². The Morgan fingerprint density at radius 3 is 2.17 bits per heavy atom. The van der Waals surface area contributed by atoms with Gasteiger partial charge in [-0.1, -0.05) is 38.9 Å². The highest BCUT2D eigenvalue weighted by molar-refractivity contribution is 7.92. The van der Waals surface area contributed by atoms with E-state index in [1.807, 2.05) is 13.8 Å². The SMILES string of the molecule is CCCCCN(C(C)C)S(=O)(=O)C(CC)C(N)=S. The van der Waals surface area contributed by atoms with Gasteiger partial charge in [0.2, 0.25) is 10.0 Å². The molecule has 0 aliphatic heterocycles. The molecule has 0 aromatic carbocycles. The van der Waals surface area contributed by atoms with Crippen LogP contribution in [0, 0.1) is 0 Å². The topological polar surface area (TPSA) is 63.4 Å². The average molecular weight is 294 g/mol. The summed E-state index contributed by atoms with van der Waals surface area (Å²) >= 11 is 4.88. The average Bonchev–Trinajstić information content (AvgIpc) is 2.23. The molecule has 1 unspecified atom stereocenters. The van der Waals surface area contributed by atoms with Crippen molar-refractivity contribution in [2.24, 2.45) is 5.73 Å². The summed E-state index contributed by atoms with van der Waals surface area (Å²) in [6.45, 7) is 8.21. The van der Waals surface area contributed by atoms with E-state index in [1.54, 1.807) is 6.92 Å². The molecule has 0 heterocycles. The van der Waals surface area contributed by atoms with Crippen molar-refractivity contribution in [3.63, 3.8) is 0 Å². The van der Waals surface area contributed by atoms with E-state index in [0.717, 1.165) is 19.3 Å². The lowest BCUT2D eigenvalue weighted by Crippen LogP contribution is -2.47. The first kappa shape index (κ1) is 17.8. The summed E-state index contributed by atoms with van der Waals surface area (Å²) in [4.78, 5) is 0.0682. The van der Waals surface area contributed by atoms with Crippen LogP contribution in [0.5, 0.6) is 0 Å². The highest BCUT2D eigenvalue weighted by atomic mass is 32.2. The fourth-order valence-corrected chi connectivity index (χ4v) is 4.46. The second-order valence-corrected chi connectivity index (χ2v) is 7.30. The summed E-state index contributed by atoms with van der Waals surface area (Å²) in [5.41, 5.74) is 5.55.